The summed E-state index contributed by atoms with van der Waals surface area (Å²) >= 11 is 0. The fourth-order valence-electron chi connectivity index (χ4n) is 5.19. The van der Waals surface area contributed by atoms with E-state index in [1.54, 1.807) is 0 Å². The molecule has 0 bridgehead atoms. The molecule has 0 aliphatic heterocycles. The summed E-state index contributed by atoms with van der Waals surface area (Å²) in [6.45, 7) is 22.3. The van der Waals surface area contributed by atoms with Gasteiger partial charge in [-0.05, 0) is 50.4 Å². The van der Waals surface area contributed by atoms with E-state index in [1.807, 2.05) is 27.7 Å². The highest BCUT2D eigenvalue weighted by atomic mass is 16.5. The van der Waals surface area contributed by atoms with Gasteiger partial charge in [0, 0.05) is 0 Å². The molecular weight excluding hydrogens is 608 g/mol. The van der Waals surface area contributed by atoms with Gasteiger partial charge < -0.3 is 18.9 Å². The zero-order valence-corrected chi connectivity index (χ0v) is 32.9. The van der Waals surface area contributed by atoms with Crippen LogP contribution in [0.1, 0.15) is 172 Å². The first-order chi connectivity index (χ1) is 22.9. The van der Waals surface area contributed by atoms with Gasteiger partial charge in [-0.1, -0.05) is 133 Å². The molecule has 0 aliphatic carbocycles. The molecular formula is C40H76O8. The molecule has 48 heavy (non-hydrogen) atoms. The number of rotatable bonds is 28. The van der Waals surface area contributed by atoms with Gasteiger partial charge in [0.1, 0.15) is 0 Å². The standard InChI is InChI=1S/2C20H38O4/c1-7-9-11-17(19(21)23-13-15(3)4)18(12-10-8-2)20(22)24-14-16(5)6;1-5-9-13-17(19(21)23-15-11-7-3)18(14-10-6-2)20(22)24-16-12-8-4/h15-18H,7-14H2,1-6H3;17-18H,5-16H2,1-4H3. The topological polar surface area (TPSA) is 105 Å². The fourth-order valence-corrected chi connectivity index (χ4v) is 5.19. The lowest BCUT2D eigenvalue weighted by Crippen LogP contribution is -2.34. The Balaban J connectivity index is 0. The van der Waals surface area contributed by atoms with E-state index >= 15 is 0 Å². The number of unbranched alkanes of at least 4 members (excludes halogenated alkanes) is 6. The maximum Gasteiger partial charge on any atom is 0.309 e. The normalized spacial score (nSPS) is 13.6. The highest BCUT2D eigenvalue weighted by Crippen LogP contribution is 2.28. The smallest absolute Gasteiger partial charge is 0.309 e. The molecule has 0 heterocycles. The largest absolute Gasteiger partial charge is 0.465 e. The van der Waals surface area contributed by atoms with Gasteiger partial charge in [0.25, 0.3) is 0 Å². The molecule has 0 aromatic heterocycles. The number of esters is 4. The molecule has 4 unspecified atom stereocenters. The molecule has 0 spiro atoms. The summed E-state index contributed by atoms with van der Waals surface area (Å²) in [5.74, 6) is -1.80. The van der Waals surface area contributed by atoms with Crippen LogP contribution in [0.5, 0.6) is 0 Å². The predicted octanol–water partition coefficient (Wildman–Crippen LogP) is 10.3. The van der Waals surface area contributed by atoms with Crippen LogP contribution in [0.15, 0.2) is 0 Å². The summed E-state index contributed by atoms with van der Waals surface area (Å²) in [6.07, 6.45) is 14.2. The second kappa shape index (κ2) is 32.1. The first-order valence-electron chi connectivity index (χ1n) is 19.6. The van der Waals surface area contributed by atoms with Crippen molar-refractivity contribution in [3.8, 4) is 0 Å². The van der Waals surface area contributed by atoms with Crippen LogP contribution < -0.4 is 0 Å². The highest BCUT2D eigenvalue weighted by molar-refractivity contribution is 5.82. The van der Waals surface area contributed by atoms with Crippen molar-refractivity contribution in [1.82, 2.24) is 0 Å². The number of hydrogen-bond donors (Lipinski definition) is 0. The van der Waals surface area contributed by atoms with Crippen molar-refractivity contribution in [2.24, 2.45) is 35.5 Å². The first-order valence-corrected chi connectivity index (χ1v) is 19.6. The third-order valence-electron chi connectivity index (χ3n) is 8.26. The zero-order chi connectivity index (χ0) is 36.7. The van der Waals surface area contributed by atoms with Crippen molar-refractivity contribution in [2.75, 3.05) is 26.4 Å². The van der Waals surface area contributed by atoms with Crippen LogP contribution in [0.4, 0.5) is 0 Å². The minimum Gasteiger partial charge on any atom is -0.465 e. The molecule has 0 rings (SSSR count). The van der Waals surface area contributed by atoms with Crippen LogP contribution in [0.3, 0.4) is 0 Å². The molecule has 4 atom stereocenters. The lowest BCUT2D eigenvalue weighted by atomic mass is 9.84. The van der Waals surface area contributed by atoms with Gasteiger partial charge in [-0.2, -0.15) is 0 Å². The Morgan fingerprint density at radius 1 is 0.375 bits per heavy atom. The van der Waals surface area contributed by atoms with Crippen molar-refractivity contribution >= 4 is 23.9 Å². The Bertz CT molecular complexity index is 743. The van der Waals surface area contributed by atoms with Crippen molar-refractivity contribution in [3.63, 3.8) is 0 Å². The lowest BCUT2D eigenvalue weighted by Gasteiger charge is -2.25. The number of ether oxygens (including phenoxy) is 4. The Morgan fingerprint density at radius 3 is 0.812 bits per heavy atom. The van der Waals surface area contributed by atoms with Crippen molar-refractivity contribution in [3.05, 3.63) is 0 Å². The van der Waals surface area contributed by atoms with Crippen LogP contribution >= 0.6 is 0 Å². The molecule has 0 fully saturated rings. The average molecular weight is 685 g/mol. The van der Waals surface area contributed by atoms with E-state index in [0.717, 1.165) is 77.0 Å². The van der Waals surface area contributed by atoms with Crippen molar-refractivity contribution in [2.45, 2.75) is 172 Å². The van der Waals surface area contributed by atoms with E-state index in [-0.39, 0.29) is 47.5 Å². The number of carbonyl (C=O) groups excluding carboxylic acids is 4. The average Bonchev–Trinajstić information content (AvgIpc) is 3.05. The summed E-state index contributed by atoms with van der Waals surface area (Å²) in [6, 6.07) is 0. The van der Waals surface area contributed by atoms with E-state index < -0.39 is 0 Å². The molecule has 0 N–H and O–H groups in total. The maximum atomic E-state index is 12.6. The van der Waals surface area contributed by atoms with E-state index in [2.05, 4.69) is 41.5 Å². The molecule has 0 aromatic rings. The van der Waals surface area contributed by atoms with Crippen LogP contribution in [0.2, 0.25) is 0 Å². The SMILES string of the molecule is CCCCC(C(=O)OCC(C)C)C(CCCC)C(=O)OCC(C)C.CCCCOC(=O)C(CCCC)C(CCCC)C(=O)OCCCC. The highest BCUT2D eigenvalue weighted by Gasteiger charge is 2.36. The second-order valence-electron chi connectivity index (χ2n) is 14.1. The third-order valence-corrected chi connectivity index (χ3v) is 8.26. The van der Waals surface area contributed by atoms with Crippen LogP contribution in [-0.4, -0.2) is 50.3 Å². The van der Waals surface area contributed by atoms with Gasteiger partial charge >= 0.3 is 23.9 Å². The summed E-state index contributed by atoms with van der Waals surface area (Å²) in [5.41, 5.74) is 0. The minimum atomic E-state index is -0.380. The van der Waals surface area contributed by atoms with E-state index in [0.29, 0.717) is 63.9 Å². The van der Waals surface area contributed by atoms with Gasteiger partial charge in [-0.25, -0.2) is 0 Å². The molecule has 0 radical (unpaired) electrons. The van der Waals surface area contributed by atoms with Crippen LogP contribution in [-0.2, 0) is 38.1 Å². The second-order valence-corrected chi connectivity index (χ2v) is 14.1. The van der Waals surface area contributed by atoms with Crippen LogP contribution in [0.25, 0.3) is 0 Å². The molecule has 284 valence electrons. The van der Waals surface area contributed by atoms with E-state index in [1.165, 1.54) is 0 Å². The van der Waals surface area contributed by atoms with Crippen molar-refractivity contribution in [1.29, 1.82) is 0 Å². The lowest BCUT2D eigenvalue weighted by molar-refractivity contribution is -0.162. The Kier molecular flexibility index (Phi) is 32.1. The first kappa shape index (κ1) is 48.0. The summed E-state index contributed by atoms with van der Waals surface area (Å²) in [4.78, 5) is 50.2. The molecule has 0 aromatic carbocycles. The molecule has 0 aliphatic rings. The zero-order valence-electron chi connectivity index (χ0n) is 32.9. The van der Waals surface area contributed by atoms with Gasteiger partial charge in [0.2, 0.25) is 0 Å². The molecule has 8 nitrogen and oxygen atoms in total. The number of hydrogen-bond acceptors (Lipinski definition) is 8. The Labute approximate surface area is 295 Å². The monoisotopic (exact) mass is 685 g/mol. The molecule has 0 saturated heterocycles. The van der Waals surface area contributed by atoms with Gasteiger partial charge in [-0.3, -0.25) is 19.2 Å². The van der Waals surface area contributed by atoms with E-state index in [9.17, 15) is 19.2 Å². The van der Waals surface area contributed by atoms with Crippen LogP contribution in [0, 0.1) is 35.5 Å². The third kappa shape index (κ3) is 24.1. The fraction of sp³-hybridized carbons (Fsp3) is 0.900. The minimum absolute atomic E-state index is 0.217. The van der Waals surface area contributed by atoms with Gasteiger partial charge in [0.05, 0.1) is 50.1 Å². The molecule has 8 heteroatoms. The summed E-state index contributed by atoms with van der Waals surface area (Å²) < 4.78 is 21.8. The van der Waals surface area contributed by atoms with E-state index in [4.69, 9.17) is 18.9 Å². The summed E-state index contributed by atoms with van der Waals surface area (Å²) in [7, 11) is 0. The van der Waals surface area contributed by atoms with Gasteiger partial charge in [0.15, 0.2) is 0 Å². The molecule has 0 amide bonds. The van der Waals surface area contributed by atoms with Crippen molar-refractivity contribution < 1.29 is 38.1 Å². The quantitative estimate of drug-likeness (QED) is 0.0455. The maximum absolute atomic E-state index is 12.6. The Hall–Kier alpha value is -2.12. The summed E-state index contributed by atoms with van der Waals surface area (Å²) in [5, 5.41) is 0. The number of carbonyl (C=O) groups is 4. The predicted molar refractivity (Wildman–Crippen MR) is 195 cm³/mol. The Morgan fingerprint density at radius 2 is 0.604 bits per heavy atom. The van der Waals surface area contributed by atoms with Gasteiger partial charge in [-0.15, -0.1) is 0 Å². The molecule has 0 saturated carbocycles.